The van der Waals surface area contributed by atoms with Gasteiger partial charge in [-0.05, 0) is 6.42 Å². The quantitative estimate of drug-likeness (QED) is 0.550. The lowest BCUT2D eigenvalue weighted by Gasteiger charge is -2.26. The molecule has 0 saturated carbocycles. The molecule has 2 atom stereocenters. The molecule has 0 aromatic rings. The van der Waals surface area contributed by atoms with Crippen LogP contribution in [-0.4, -0.2) is 30.2 Å². The van der Waals surface area contributed by atoms with Gasteiger partial charge in [0.05, 0.1) is 5.41 Å². The number of aliphatic carboxylic acids is 1. The number of carboxylic acids is 1. The Morgan fingerprint density at radius 2 is 2.50 bits per heavy atom. The van der Waals surface area contributed by atoms with Crippen molar-refractivity contribution in [3.63, 3.8) is 0 Å². The summed E-state index contributed by atoms with van der Waals surface area (Å²) in [5.74, 6) is -0.762. The van der Waals surface area contributed by atoms with Crippen LogP contribution in [0.5, 0.6) is 0 Å². The van der Waals surface area contributed by atoms with Gasteiger partial charge in [0.1, 0.15) is 0 Å². The van der Waals surface area contributed by atoms with Crippen molar-refractivity contribution in [1.82, 2.24) is 5.32 Å². The van der Waals surface area contributed by atoms with Crippen LogP contribution in [0.4, 0.5) is 0 Å². The lowest BCUT2D eigenvalue weighted by molar-refractivity contribution is -0.148. The minimum Gasteiger partial charge on any atom is -0.481 e. The van der Waals surface area contributed by atoms with E-state index < -0.39 is 11.4 Å². The Hall–Kier alpha value is -0.610. The Bertz CT molecular complexity index is 184. The number of nitrogens with two attached hydrogens (primary N) is 1. The van der Waals surface area contributed by atoms with Gasteiger partial charge in [-0.3, -0.25) is 4.79 Å². The van der Waals surface area contributed by atoms with E-state index in [-0.39, 0.29) is 6.04 Å². The first-order chi connectivity index (χ1) is 5.63. The number of hydrogen-bond acceptors (Lipinski definition) is 3. The Balaban J connectivity index is 2.77. The highest BCUT2D eigenvalue weighted by atomic mass is 16.4. The zero-order valence-electron chi connectivity index (χ0n) is 7.34. The van der Waals surface area contributed by atoms with Gasteiger partial charge < -0.3 is 16.2 Å². The van der Waals surface area contributed by atoms with Crippen LogP contribution in [0, 0.1) is 5.41 Å². The van der Waals surface area contributed by atoms with Gasteiger partial charge in [0.25, 0.3) is 0 Å². The molecule has 70 valence electrons. The standard InChI is InChI=1S/C8H16N2O2/c1-2-3-8(7(11)12)5-10-4-6(8)9/h6,10H,2-5,9H2,1H3,(H,11,12)/t6-,8+/m1/s1. The maximum atomic E-state index is 11.0. The fourth-order valence-electron chi connectivity index (χ4n) is 1.84. The highest BCUT2D eigenvalue weighted by molar-refractivity contribution is 5.76. The van der Waals surface area contributed by atoms with Crippen molar-refractivity contribution in [2.45, 2.75) is 25.8 Å². The lowest BCUT2D eigenvalue weighted by atomic mass is 9.79. The van der Waals surface area contributed by atoms with Gasteiger partial charge in [0.2, 0.25) is 0 Å². The molecule has 1 fully saturated rings. The first-order valence-corrected chi connectivity index (χ1v) is 4.33. The van der Waals surface area contributed by atoms with Crippen LogP contribution < -0.4 is 11.1 Å². The zero-order valence-corrected chi connectivity index (χ0v) is 7.34. The molecular formula is C8H16N2O2. The van der Waals surface area contributed by atoms with Gasteiger partial charge in [-0.25, -0.2) is 0 Å². The monoisotopic (exact) mass is 172 g/mol. The maximum absolute atomic E-state index is 11.0. The van der Waals surface area contributed by atoms with Crippen LogP contribution >= 0.6 is 0 Å². The van der Waals surface area contributed by atoms with E-state index in [2.05, 4.69) is 5.32 Å². The Morgan fingerprint density at radius 3 is 2.83 bits per heavy atom. The minimum atomic E-state index is -0.762. The summed E-state index contributed by atoms with van der Waals surface area (Å²) in [4.78, 5) is 11.0. The second kappa shape index (κ2) is 3.41. The predicted octanol–water partition coefficient (Wildman–Crippen LogP) is -0.212. The normalized spacial score (nSPS) is 35.3. The van der Waals surface area contributed by atoms with Crippen molar-refractivity contribution in [1.29, 1.82) is 0 Å². The van der Waals surface area contributed by atoms with Gasteiger partial charge in [-0.15, -0.1) is 0 Å². The molecule has 1 aliphatic heterocycles. The molecule has 0 aromatic heterocycles. The van der Waals surface area contributed by atoms with E-state index in [9.17, 15) is 4.79 Å². The van der Waals surface area contributed by atoms with Crippen LogP contribution in [0.15, 0.2) is 0 Å². The molecule has 0 bridgehead atoms. The lowest BCUT2D eigenvalue weighted by Crippen LogP contribution is -2.46. The van der Waals surface area contributed by atoms with Gasteiger partial charge in [-0.1, -0.05) is 13.3 Å². The van der Waals surface area contributed by atoms with E-state index in [0.717, 1.165) is 6.42 Å². The average Bonchev–Trinajstić information content (AvgIpc) is 2.34. The first kappa shape index (κ1) is 9.48. The SMILES string of the molecule is CCC[C@]1(C(=O)O)CNC[C@H]1N. The molecule has 4 N–H and O–H groups in total. The molecule has 1 aliphatic rings. The smallest absolute Gasteiger partial charge is 0.312 e. The Kier molecular flexibility index (Phi) is 2.69. The summed E-state index contributed by atoms with van der Waals surface area (Å²) >= 11 is 0. The molecule has 0 amide bonds. The molecule has 0 radical (unpaired) electrons. The van der Waals surface area contributed by atoms with E-state index >= 15 is 0 Å². The van der Waals surface area contributed by atoms with Crippen molar-refractivity contribution >= 4 is 5.97 Å². The first-order valence-electron chi connectivity index (χ1n) is 4.33. The van der Waals surface area contributed by atoms with E-state index in [1.807, 2.05) is 6.92 Å². The third-order valence-electron chi connectivity index (χ3n) is 2.64. The molecule has 1 saturated heterocycles. The highest BCUT2D eigenvalue weighted by Crippen LogP contribution is 2.30. The van der Waals surface area contributed by atoms with E-state index in [1.54, 1.807) is 0 Å². The van der Waals surface area contributed by atoms with E-state index in [0.29, 0.717) is 19.5 Å². The molecule has 1 heterocycles. The van der Waals surface area contributed by atoms with Crippen LogP contribution in [0.25, 0.3) is 0 Å². The summed E-state index contributed by atoms with van der Waals surface area (Å²) in [5.41, 5.74) is 5.04. The van der Waals surface area contributed by atoms with Crippen LogP contribution in [0.3, 0.4) is 0 Å². The molecule has 12 heavy (non-hydrogen) atoms. The maximum Gasteiger partial charge on any atom is 0.312 e. The van der Waals surface area contributed by atoms with E-state index in [4.69, 9.17) is 10.8 Å². The highest BCUT2D eigenvalue weighted by Gasteiger charge is 2.46. The van der Waals surface area contributed by atoms with Gasteiger partial charge in [0, 0.05) is 19.1 Å². The number of rotatable bonds is 3. The van der Waals surface area contributed by atoms with Crippen molar-refractivity contribution < 1.29 is 9.90 Å². The largest absolute Gasteiger partial charge is 0.481 e. The fourth-order valence-corrected chi connectivity index (χ4v) is 1.84. The molecule has 4 nitrogen and oxygen atoms in total. The predicted molar refractivity (Wildman–Crippen MR) is 45.8 cm³/mol. The van der Waals surface area contributed by atoms with Crippen molar-refractivity contribution in [2.75, 3.05) is 13.1 Å². The number of carboxylic acid groups (broad SMARTS) is 1. The third-order valence-corrected chi connectivity index (χ3v) is 2.64. The van der Waals surface area contributed by atoms with E-state index in [1.165, 1.54) is 0 Å². The summed E-state index contributed by atoms with van der Waals surface area (Å²) in [6, 6.07) is -0.241. The summed E-state index contributed by atoms with van der Waals surface area (Å²) < 4.78 is 0. The average molecular weight is 172 g/mol. The van der Waals surface area contributed by atoms with Crippen molar-refractivity contribution in [3.05, 3.63) is 0 Å². The summed E-state index contributed by atoms with van der Waals surface area (Å²) in [7, 11) is 0. The van der Waals surface area contributed by atoms with Crippen LogP contribution in [0.1, 0.15) is 19.8 Å². The third kappa shape index (κ3) is 1.32. The summed E-state index contributed by atoms with van der Waals surface area (Å²) in [6.45, 7) is 3.11. The Labute approximate surface area is 72.1 Å². The molecule has 0 aromatic carbocycles. The number of carbonyl (C=O) groups is 1. The molecular weight excluding hydrogens is 156 g/mol. The summed E-state index contributed by atoms with van der Waals surface area (Å²) in [6.07, 6.45) is 1.53. The summed E-state index contributed by atoms with van der Waals surface area (Å²) in [5, 5.41) is 12.1. The zero-order chi connectivity index (χ0) is 9.19. The molecule has 0 spiro atoms. The second-order valence-electron chi connectivity index (χ2n) is 3.45. The van der Waals surface area contributed by atoms with Crippen molar-refractivity contribution in [3.8, 4) is 0 Å². The molecule has 0 unspecified atom stereocenters. The van der Waals surface area contributed by atoms with Crippen LogP contribution in [-0.2, 0) is 4.79 Å². The Morgan fingerprint density at radius 1 is 1.83 bits per heavy atom. The second-order valence-corrected chi connectivity index (χ2v) is 3.45. The van der Waals surface area contributed by atoms with Gasteiger partial charge >= 0.3 is 5.97 Å². The van der Waals surface area contributed by atoms with Crippen molar-refractivity contribution in [2.24, 2.45) is 11.1 Å². The van der Waals surface area contributed by atoms with Crippen LogP contribution in [0.2, 0.25) is 0 Å². The van der Waals surface area contributed by atoms with Gasteiger partial charge in [0.15, 0.2) is 0 Å². The number of hydrogen-bond donors (Lipinski definition) is 3. The minimum absolute atomic E-state index is 0.241. The molecule has 1 rings (SSSR count). The fraction of sp³-hybridized carbons (Fsp3) is 0.875. The molecule has 0 aliphatic carbocycles. The number of nitrogens with one attached hydrogen (secondary N) is 1. The topological polar surface area (TPSA) is 75.3 Å². The van der Waals surface area contributed by atoms with Gasteiger partial charge in [-0.2, -0.15) is 0 Å². The molecule has 4 heteroatoms.